The third kappa shape index (κ3) is 8.24. The van der Waals surface area contributed by atoms with Crippen molar-refractivity contribution in [1.29, 1.82) is 5.53 Å². The number of aliphatic hydroxyl groups excluding tert-OH is 1. The molecule has 0 saturated heterocycles. The van der Waals surface area contributed by atoms with Gasteiger partial charge >= 0.3 is 5.97 Å². The third-order valence-electron chi connectivity index (χ3n) is 10.7. The number of hydrogen-bond donors (Lipinski definition) is 7. The van der Waals surface area contributed by atoms with Crippen molar-refractivity contribution < 1.29 is 29.6 Å². The summed E-state index contributed by atoms with van der Waals surface area (Å²) >= 11 is 2.69. The molecule has 13 nitrogen and oxygen atoms in total. The van der Waals surface area contributed by atoms with Crippen LogP contribution in [-0.2, 0) is 39.6 Å². The lowest BCUT2D eigenvalue weighted by atomic mass is 9.91. The molecule has 3 aromatic heterocycles. The number of nitrogens with one attached hydrogen (secondary N) is 4. The number of aliphatic hydroxyl groups is 2. The van der Waals surface area contributed by atoms with E-state index in [4.69, 9.17) is 15.0 Å². The average Bonchev–Trinajstić information content (AvgIpc) is 4.02. The number of phenolic OH excluding ortho intramolecular Hbond substituents is 1. The first kappa shape index (κ1) is 38.8. The number of aromatic amines is 1. The number of fused-ring (bicyclic) bond motifs is 2. The molecule has 0 radical (unpaired) electrons. The minimum atomic E-state index is -1.79. The van der Waals surface area contributed by atoms with Gasteiger partial charge in [0.1, 0.15) is 17.5 Å². The van der Waals surface area contributed by atoms with Gasteiger partial charge < -0.3 is 45.3 Å². The molecule has 1 fully saturated rings. The predicted molar refractivity (Wildman–Crippen MR) is 212 cm³/mol. The summed E-state index contributed by atoms with van der Waals surface area (Å²) in [5, 5.41) is 47.8. The molecular weight excluding hydrogens is 741 g/mol. The van der Waals surface area contributed by atoms with Crippen molar-refractivity contribution in [2.45, 2.75) is 75.7 Å². The maximum atomic E-state index is 13.4. The highest BCUT2D eigenvalue weighted by molar-refractivity contribution is 7.12. The first-order valence-corrected chi connectivity index (χ1v) is 20.2. The van der Waals surface area contributed by atoms with Gasteiger partial charge in [-0.15, -0.1) is 22.7 Å². The highest BCUT2D eigenvalue weighted by atomic mass is 32.1. The Morgan fingerprint density at radius 2 is 1.82 bits per heavy atom. The lowest BCUT2D eigenvalue weighted by molar-refractivity contribution is -0.169. The molecule has 0 unspecified atom stereocenters. The molecule has 1 aliphatic carbocycles. The van der Waals surface area contributed by atoms with E-state index in [1.54, 1.807) is 24.3 Å². The van der Waals surface area contributed by atoms with Crippen molar-refractivity contribution in [3.05, 3.63) is 108 Å². The minimum Gasteiger partial charge on any atom is -0.506 e. The summed E-state index contributed by atoms with van der Waals surface area (Å²) in [5.74, 6) is -0.673. The molecule has 15 heteroatoms. The molecule has 2 aliphatic rings. The van der Waals surface area contributed by atoms with E-state index in [-0.39, 0.29) is 29.5 Å². The molecule has 0 spiro atoms. The highest BCUT2D eigenvalue weighted by Gasteiger charge is 2.45. The van der Waals surface area contributed by atoms with Crippen molar-refractivity contribution in [1.82, 2.24) is 15.2 Å². The van der Waals surface area contributed by atoms with Crippen LogP contribution >= 0.6 is 22.7 Å². The summed E-state index contributed by atoms with van der Waals surface area (Å²) in [6, 6.07) is 15.5. The van der Waals surface area contributed by atoms with E-state index in [1.165, 1.54) is 34.8 Å². The fourth-order valence-electron chi connectivity index (χ4n) is 7.72. The first-order chi connectivity index (χ1) is 26.7. The summed E-state index contributed by atoms with van der Waals surface area (Å²) in [6.07, 6.45) is 2.99. The fourth-order valence-corrected chi connectivity index (χ4v) is 9.43. The van der Waals surface area contributed by atoms with Crippen molar-refractivity contribution in [3.8, 4) is 5.75 Å². The van der Waals surface area contributed by atoms with Crippen LogP contribution in [0.5, 0.6) is 5.75 Å². The van der Waals surface area contributed by atoms with E-state index in [2.05, 4.69) is 32.7 Å². The molecule has 2 aromatic carbocycles. The van der Waals surface area contributed by atoms with Crippen LogP contribution in [0.25, 0.3) is 10.9 Å². The van der Waals surface area contributed by atoms with Gasteiger partial charge in [0.05, 0.1) is 40.3 Å². The monoisotopic (exact) mass is 786 g/mol. The van der Waals surface area contributed by atoms with Crippen LogP contribution in [0.2, 0.25) is 0 Å². The van der Waals surface area contributed by atoms with Crippen LogP contribution in [0.15, 0.2) is 75.3 Å². The number of ether oxygens (including phenoxy) is 2. The van der Waals surface area contributed by atoms with Gasteiger partial charge in [-0.2, -0.15) is 5.11 Å². The summed E-state index contributed by atoms with van der Waals surface area (Å²) in [4.78, 5) is 31.3. The zero-order chi connectivity index (χ0) is 38.5. The number of H-pyrrole nitrogens is 1. The van der Waals surface area contributed by atoms with Crippen LogP contribution in [0.1, 0.15) is 70.2 Å². The Labute approximate surface area is 326 Å². The SMILES string of the molecule is CN(CCCNc1c(N=N)cc(CNC[C@H](O)c2ccc(O)c3[nH]c(=O)ccc23)c2c1COC2)C1CCC(OC(=O)C(O)(c2cccs2)c2cccs2)CC1. The normalized spacial score (nSPS) is 17.7. The number of aromatic nitrogens is 1. The number of nitrogens with zero attached hydrogens (tertiary/aromatic N) is 2. The van der Waals surface area contributed by atoms with Crippen molar-refractivity contribution in [3.63, 3.8) is 0 Å². The first-order valence-electron chi connectivity index (χ1n) is 18.5. The number of aromatic hydroxyl groups is 1. The van der Waals surface area contributed by atoms with Crippen LogP contribution in [0.4, 0.5) is 11.4 Å². The minimum absolute atomic E-state index is 0.0603. The summed E-state index contributed by atoms with van der Waals surface area (Å²) < 4.78 is 11.8. The molecule has 4 heterocycles. The van der Waals surface area contributed by atoms with E-state index in [9.17, 15) is 24.9 Å². The van der Waals surface area contributed by atoms with Crippen molar-refractivity contribution in [2.75, 3.05) is 32.0 Å². The Morgan fingerprint density at radius 3 is 2.51 bits per heavy atom. The third-order valence-corrected chi connectivity index (χ3v) is 12.7. The molecule has 55 heavy (non-hydrogen) atoms. The number of phenols is 1. The number of rotatable bonds is 16. The number of pyridine rings is 1. The van der Waals surface area contributed by atoms with Crippen LogP contribution in [0.3, 0.4) is 0 Å². The molecule has 290 valence electrons. The quantitative estimate of drug-likeness (QED) is 0.0335. The second-order valence-corrected chi connectivity index (χ2v) is 16.1. The Kier molecular flexibility index (Phi) is 12.1. The standard InChI is InChI=1S/C40H46N6O7S2/c1-46(25-7-9-26(10-8-25)53-39(50)40(51,34-5-2-17-54-34)35-6-3-18-55-35)16-4-15-43-37-30-23-52-22-29(30)24(19-31(37)45-41)20-42-21-33(48)27-11-13-32(47)38-28(27)12-14-36(49)44-38/h2-3,5-6,11-14,17-19,25-26,33,41-43,47-48,51H,4,7-10,15-16,20-23H2,1H3,(H,44,49)/t25?,26?,33-/m0/s1. The van der Waals surface area contributed by atoms with Gasteiger partial charge in [0.2, 0.25) is 11.2 Å². The van der Waals surface area contributed by atoms with Crippen LogP contribution < -0.4 is 16.2 Å². The van der Waals surface area contributed by atoms with Gasteiger partial charge in [0.15, 0.2) is 0 Å². The average molecular weight is 787 g/mol. The molecule has 7 rings (SSSR count). The lowest BCUT2D eigenvalue weighted by Gasteiger charge is -2.35. The van der Waals surface area contributed by atoms with Gasteiger partial charge in [-0.05, 0) is 103 Å². The topological polar surface area (TPSA) is 193 Å². The Bertz CT molecular complexity index is 2130. The number of benzene rings is 2. The van der Waals surface area contributed by atoms with Gasteiger partial charge in [-0.1, -0.05) is 18.2 Å². The molecule has 1 saturated carbocycles. The molecule has 5 aromatic rings. The molecule has 7 N–H and O–H groups in total. The van der Waals surface area contributed by atoms with E-state index < -0.39 is 17.7 Å². The van der Waals surface area contributed by atoms with Crippen molar-refractivity contribution in [2.24, 2.45) is 5.11 Å². The number of carbonyl (C=O) groups is 1. The summed E-state index contributed by atoms with van der Waals surface area (Å²) in [7, 11) is 2.13. The van der Waals surface area contributed by atoms with Crippen molar-refractivity contribution >= 4 is 50.9 Å². The Morgan fingerprint density at radius 1 is 1.09 bits per heavy atom. The lowest BCUT2D eigenvalue weighted by Crippen LogP contribution is -2.42. The summed E-state index contributed by atoms with van der Waals surface area (Å²) in [6.45, 7) is 3.05. The van der Waals surface area contributed by atoms with E-state index in [1.807, 2.05) is 29.0 Å². The number of esters is 1. The molecule has 0 amide bonds. The van der Waals surface area contributed by atoms with E-state index in [0.717, 1.165) is 61.0 Å². The summed E-state index contributed by atoms with van der Waals surface area (Å²) in [5.41, 5.74) is 11.0. The smallest absolute Gasteiger partial charge is 0.349 e. The Balaban J connectivity index is 0.891. The molecular formula is C40H46N6O7S2. The van der Waals surface area contributed by atoms with Crippen LogP contribution in [-0.4, -0.2) is 70.0 Å². The predicted octanol–water partition coefficient (Wildman–Crippen LogP) is 6.40. The number of thiophene rings is 2. The molecule has 0 bridgehead atoms. The number of anilines is 1. The molecule has 1 atom stereocenters. The van der Waals surface area contributed by atoms with E-state index >= 15 is 0 Å². The Hall–Kier alpha value is -4.48. The van der Waals surface area contributed by atoms with Gasteiger partial charge in [-0.3, -0.25) is 4.79 Å². The number of carbonyl (C=O) groups excluding carboxylic acids is 1. The number of hydrogen-bond acceptors (Lipinski definition) is 14. The van der Waals surface area contributed by atoms with E-state index in [0.29, 0.717) is 58.7 Å². The fraction of sp³-hybridized carbons (Fsp3) is 0.400. The maximum Gasteiger partial charge on any atom is 0.349 e. The van der Waals surface area contributed by atoms with Gasteiger partial charge in [-0.25, -0.2) is 10.3 Å². The zero-order valence-electron chi connectivity index (χ0n) is 30.5. The molecule has 1 aliphatic heterocycles. The largest absolute Gasteiger partial charge is 0.506 e. The van der Waals surface area contributed by atoms with Gasteiger partial charge in [0.25, 0.3) is 0 Å². The van der Waals surface area contributed by atoms with Gasteiger partial charge in [0, 0.05) is 42.7 Å². The second-order valence-electron chi connectivity index (χ2n) is 14.2. The second kappa shape index (κ2) is 17.1. The maximum absolute atomic E-state index is 13.4. The zero-order valence-corrected chi connectivity index (χ0v) is 32.2. The van der Waals surface area contributed by atoms with Crippen LogP contribution in [0, 0.1) is 5.53 Å². The highest BCUT2D eigenvalue weighted by Crippen LogP contribution is 2.40.